The van der Waals surface area contributed by atoms with Gasteiger partial charge in [0.2, 0.25) is 0 Å². The highest BCUT2D eigenvalue weighted by atomic mass is 35.5. The monoisotopic (exact) mass is 277 g/mol. The quantitative estimate of drug-likeness (QED) is 0.446. The predicted molar refractivity (Wildman–Crippen MR) is 69.9 cm³/mol. The summed E-state index contributed by atoms with van der Waals surface area (Å²) >= 11 is 16.5. The lowest BCUT2D eigenvalue weighted by atomic mass is 10.1. The van der Waals surface area contributed by atoms with Crippen LogP contribution in [-0.2, 0) is 6.61 Å². The third-order valence-corrected chi connectivity index (χ3v) is 2.41. The molecule has 4 nitrogen and oxygen atoms in total. The molecule has 0 aliphatic rings. The second-order valence-electron chi connectivity index (χ2n) is 2.87. The third kappa shape index (κ3) is 3.61. The van der Waals surface area contributed by atoms with Crippen molar-refractivity contribution in [1.29, 1.82) is 0 Å². The second-order valence-corrected chi connectivity index (χ2v) is 4.12. The zero-order chi connectivity index (χ0) is 12.1. The van der Waals surface area contributed by atoms with E-state index in [4.69, 9.17) is 34.0 Å². The Balaban J connectivity index is 2.96. The first-order chi connectivity index (χ1) is 7.54. The molecular formula is C9H9Cl2N3OS. The summed E-state index contributed by atoms with van der Waals surface area (Å²) in [7, 11) is 0. The maximum absolute atomic E-state index is 8.93. The summed E-state index contributed by atoms with van der Waals surface area (Å²) in [5.74, 6) is 0. The highest BCUT2D eigenvalue weighted by Crippen LogP contribution is 2.25. The molecule has 7 heteroatoms. The number of nitrogens with zero attached hydrogens (tertiary/aromatic N) is 1. The highest BCUT2D eigenvalue weighted by molar-refractivity contribution is 7.80. The molecule has 1 aromatic carbocycles. The summed E-state index contributed by atoms with van der Waals surface area (Å²) in [5, 5.41) is 13.5. The van der Waals surface area contributed by atoms with Crippen LogP contribution in [0, 0.1) is 0 Å². The molecule has 0 spiro atoms. The van der Waals surface area contributed by atoms with Crippen LogP contribution in [0.4, 0.5) is 0 Å². The van der Waals surface area contributed by atoms with Crippen LogP contribution in [0.3, 0.4) is 0 Å². The second kappa shape index (κ2) is 6.00. The molecule has 0 bridgehead atoms. The molecule has 0 radical (unpaired) electrons. The van der Waals surface area contributed by atoms with Crippen LogP contribution < -0.4 is 11.2 Å². The SMILES string of the molecule is NC(=S)NN=Cc1c(Cl)cc(CO)cc1Cl. The number of thiocarbonyl (C=S) groups is 1. The number of rotatable bonds is 3. The van der Waals surface area contributed by atoms with Gasteiger partial charge in [0.05, 0.1) is 22.9 Å². The number of nitrogens with one attached hydrogen (secondary N) is 1. The first-order valence-electron chi connectivity index (χ1n) is 4.22. The van der Waals surface area contributed by atoms with Gasteiger partial charge in [0.1, 0.15) is 0 Å². The molecule has 0 fully saturated rings. The van der Waals surface area contributed by atoms with E-state index < -0.39 is 0 Å². The molecule has 0 saturated carbocycles. The number of nitrogens with two attached hydrogens (primary N) is 1. The minimum atomic E-state index is -0.123. The predicted octanol–water partition coefficient (Wildman–Crippen LogP) is 1.65. The van der Waals surface area contributed by atoms with Gasteiger partial charge in [-0.25, -0.2) is 0 Å². The first kappa shape index (κ1) is 13.2. The number of aliphatic hydroxyl groups is 1. The summed E-state index contributed by atoms with van der Waals surface area (Å²) in [4.78, 5) is 0. The zero-order valence-corrected chi connectivity index (χ0v) is 10.4. The van der Waals surface area contributed by atoms with Crippen molar-refractivity contribution in [2.45, 2.75) is 6.61 Å². The average molecular weight is 278 g/mol. The van der Waals surface area contributed by atoms with Crippen molar-refractivity contribution in [3.05, 3.63) is 33.3 Å². The molecule has 0 aliphatic carbocycles. The van der Waals surface area contributed by atoms with Crippen molar-refractivity contribution in [2.75, 3.05) is 0 Å². The summed E-state index contributed by atoms with van der Waals surface area (Å²) in [6.07, 6.45) is 1.41. The lowest BCUT2D eigenvalue weighted by Crippen LogP contribution is -2.24. The normalized spacial score (nSPS) is 10.7. The number of hydrazone groups is 1. The number of hydrogen-bond acceptors (Lipinski definition) is 3. The maximum Gasteiger partial charge on any atom is 0.184 e. The Morgan fingerprint density at radius 1 is 1.50 bits per heavy atom. The third-order valence-electron chi connectivity index (χ3n) is 1.69. The van der Waals surface area contributed by atoms with Crippen molar-refractivity contribution in [3.63, 3.8) is 0 Å². The van der Waals surface area contributed by atoms with Crippen molar-refractivity contribution in [3.8, 4) is 0 Å². The van der Waals surface area contributed by atoms with E-state index in [1.54, 1.807) is 12.1 Å². The molecule has 0 saturated heterocycles. The number of benzene rings is 1. The minimum Gasteiger partial charge on any atom is -0.392 e. The van der Waals surface area contributed by atoms with Crippen LogP contribution >= 0.6 is 35.4 Å². The Bertz CT molecular complexity index is 414. The lowest BCUT2D eigenvalue weighted by Gasteiger charge is -2.04. The molecule has 0 unspecified atom stereocenters. The van der Waals surface area contributed by atoms with Crippen LogP contribution in [0.15, 0.2) is 17.2 Å². The molecule has 86 valence electrons. The van der Waals surface area contributed by atoms with E-state index in [1.165, 1.54) is 6.21 Å². The largest absolute Gasteiger partial charge is 0.392 e. The van der Waals surface area contributed by atoms with E-state index in [-0.39, 0.29) is 11.7 Å². The zero-order valence-electron chi connectivity index (χ0n) is 8.08. The molecular weight excluding hydrogens is 269 g/mol. The Morgan fingerprint density at radius 2 is 2.06 bits per heavy atom. The van der Waals surface area contributed by atoms with Crippen molar-refractivity contribution < 1.29 is 5.11 Å². The van der Waals surface area contributed by atoms with Crippen LogP contribution in [0.1, 0.15) is 11.1 Å². The Morgan fingerprint density at radius 3 is 2.50 bits per heavy atom. The molecule has 1 rings (SSSR count). The summed E-state index contributed by atoms with van der Waals surface area (Å²) in [6.45, 7) is -0.123. The molecule has 16 heavy (non-hydrogen) atoms. The maximum atomic E-state index is 8.93. The van der Waals surface area contributed by atoms with E-state index in [0.717, 1.165) is 0 Å². The fourth-order valence-electron chi connectivity index (χ4n) is 1.01. The molecule has 0 aliphatic heterocycles. The van der Waals surface area contributed by atoms with Crippen molar-refractivity contribution in [2.24, 2.45) is 10.8 Å². The van der Waals surface area contributed by atoms with Gasteiger partial charge in [-0.3, -0.25) is 5.43 Å². The van der Waals surface area contributed by atoms with Gasteiger partial charge in [-0.05, 0) is 29.9 Å². The van der Waals surface area contributed by atoms with Crippen LogP contribution in [0.5, 0.6) is 0 Å². The Labute approximate surface area is 108 Å². The van der Waals surface area contributed by atoms with E-state index in [9.17, 15) is 0 Å². The lowest BCUT2D eigenvalue weighted by molar-refractivity contribution is 0.282. The van der Waals surface area contributed by atoms with Crippen LogP contribution in [0.2, 0.25) is 10.0 Å². The van der Waals surface area contributed by atoms with Gasteiger partial charge < -0.3 is 10.8 Å². The van der Waals surface area contributed by atoms with E-state index >= 15 is 0 Å². The van der Waals surface area contributed by atoms with E-state index in [2.05, 4.69) is 22.7 Å². The number of aliphatic hydroxyl groups excluding tert-OH is 1. The van der Waals surface area contributed by atoms with Gasteiger partial charge >= 0.3 is 0 Å². The van der Waals surface area contributed by atoms with Crippen LogP contribution in [-0.4, -0.2) is 16.4 Å². The standard InChI is InChI=1S/C9H9Cl2N3OS/c10-7-1-5(4-15)2-8(11)6(7)3-13-14-9(12)16/h1-3,15H,4H2,(H3,12,14,16). The van der Waals surface area contributed by atoms with Gasteiger partial charge in [-0.15, -0.1) is 0 Å². The topological polar surface area (TPSA) is 70.6 Å². The van der Waals surface area contributed by atoms with Gasteiger partial charge in [0.25, 0.3) is 0 Å². The summed E-state index contributed by atoms with van der Waals surface area (Å²) < 4.78 is 0. The first-order valence-corrected chi connectivity index (χ1v) is 5.38. The van der Waals surface area contributed by atoms with Gasteiger partial charge in [0.15, 0.2) is 5.11 Å². The molecule has 1 aromatic rings. The summed E-state index contributed by atoms with van der Waals surface area (Å²) in [5.41, 5.74) is 8.74. The molecule has 0 amide bonds. The van der Waals surface area contributed by atoms with Crippen molar-refractivity contribution >= 4 is 46.7 Å². The molecule has 4 N–H and O–H groups in total. The summed E-state index contributed by atoms with van der Waals surface area (Å²) in [6, 6.07) is 3.21. The van der Waals surface area contributed by atoms with Gasteiger partial charge in [0, 0.05) is 5.56 Å². The molecule has 0 heterocycles. The van der Waals surface area contributed by atoms with Gasteiger partial charge in [-0.2, -0.15) is 5.10 Å². The van der Waals surface area contributed by atoms with E-state index in [0.29, 0.717) is 21.2 Å². The number of hydrogen-bond donors (Lipinski definition) is 3. The molecule has 0 aromatic heterocycles. The average Bonchev–Trinajstić information content (AvgIpc) is 2.21. The molecule has 0 atom stereocenters. The Hall–Kier alpha value is -0.880. The highest BCUT2D eigenvalue weighted by Gasteiger charge is 2.05. The number of halogens is 2. The smallest absolute Gasteiger partial charge is 0.184 e. The Kier molecular flexibility index (Phi) is 4.95. The van der Waals surface area contributed by atoms with E-state index in [1.807, 2.05) is 0 Å². The minimum absolute atomic E-state index is 0.0514. The van der Waals surface area contributed by atoms with Crippen LogP contribution in [0.25, 0.3) is 0 Å². The fourth-order valence-corrected chi connectivity index (χ4v) is 1.69. The fraction of sp³-hybridized carbons (Fsp3) is 0.111. The van der Waals surface area contributed by atoms with Gasteiger partial charge in [-0.1, -0.05) is 23.2 Å². The van der Waals surface area contributed by atoms with Crippen molar-refractivity contribution in [1.82, 2.24) is 5.43 Å².